The Morgan fingerprint density at radius 2 is 1.55 bits per heavy atom. The maximum atomic E-state index is 13.4. The maximum absolute atomic E-state index is 13.4. The molecular formula is C16H8F3NO2. The minimum atomic E-state index is -4.62. The van der Waals surface area contributed by atoms with Gasteiger partial charge in [-0.3, -0.25) is 4.79 Å². The van der Waals surface area contributed by atoms with Crippen LogP contribution < -0.4 is 5.56 Å². The van der Waals surface area contributed by atoms with Gasteiger partial charge in [0.05, 0.1) is 10.9 Å². The van der Waals surface area contributed by atoms with Gasteiger partial charge in [0.15, 0.2) is 0 Å². The zero-order chi connectivity index (χ0) is 15.5. The molecule has 2 heterocycles. The average Bonchev–Trinajstić information content (AvgIpc) is 2.81. The standard InChI is InChI=1S/C16H8F3NO2/c17-16(18,19)13-9-5-1-3-7-11(9)20-14(21)10-6-2-4-8-12(10)22-15(13)20/h1-8H. The van der Waals surface area contributed by atoms with Gasteiger partial charge in [0.2, 0.25) is 5.71 Å². The molecule has 110 valence electrons. The van der Waals surface area contributed by atoms with Gasteiger partial charge in [0, 0.05) is 5.39 Å². The number of alkyl halides is 3. The van der Waals surface area contributed by atoms with Gasteiger partial charge in [-0.2, -0.15) is 13.2 Å². The second-order valence-corrected chi connectivity index (χ2v) is 4.93. The van der Waals surface area contributed by atoms with Gasteiger partial charge in [-0.25, -0.2) is 4.40 Å². The van der Waals surface area contributed by atoms with Crippen molar-refractivity contribution in [2.45, 2.75) is 6.18 Å². The number of para-hydroxylation sites is 2. The fraction of sp³-hybridized carbons (Fsp3) is 0.0625. The van der Waals surface area contributed by atoms with E-state index >= 15 is 0 Å². The van der Waals surface area contributed by atoms with Crippen LogP contribution in [-0.4, -0.2) is 4.40 Å². The molecule has 3 nitrogen and oxygen atoms in total. The summed E-state index contributed by atoms with van der Waals surface area (Å²) in [4.78, 5) is 12.6. The Kier molecular flexibility index (Phi) is 2.43. The second-order valence-electron chi connectivity index (χ2n) is 4.93. The van der Waals surface area contributed by atoms with Crippen molar-refractivity contribution in [1.29, 1.82) is 0 Å². The summed E-state index contributed by atoms with van der Waals surface area (Å²) in [5.41, 5.74) is -1.61. The topological polar surface area (TPSA) is 34.6 Å². The monoisotopic (exact) mass is 303 g/mol. The van der Waals surface area contributed by atoms with Crippen molar-refractivity contribution < 1.29 is 17.6 Å². The first kappa shape index (κ1) is 12.9. The highest BCUT2D eigenvalue weighted by Crippen LogP contribution is 2.39. The molecule has 2 aromatic carbocycles. The van der Waals surface area contributed by atoms with Gasteiger partial charge in [-0.15, -0.1) is 0 Å². The summed E-state index contributed by atoms with van der Waals surface area (Å²) in [6, 6.07) is 12.2. The molecular weight excluding hydrogens is 295 g/mol. The molecule has 2 aromatic heterocycles. The fourth-order valence-corrected chi connectivity index (χ4v) is 2.75. The van der Waals surface area contributed by atoms with Crippen LogP contribution in [-0.2, 0) is 6.18 Å². The highest BCUT2D eigenvalue weighted by molar-refractivity contribution is 5.92. The van der Waals surface area contributed by atoms with E-state index in [0.717, 1.165) is 4.40 Å². The third-order valence-corrected chi connectivity index (χ3v) is 3.64. The van der Waals surface area contributed by atoms with Crippen molar-refractivity contribution in [2.24, 2.45) is 0 Å². The molecule has 4 rings (SSSR count). The van der Waals surface area contributed by atoms with E-state index < -0.39 is 23.0 Å². The second kappa shape index (κ2) is 4.13. The molecule has 4 aromatic rings. The van der Waals surface area contributed by atoms with Crippen LogP contribution in [0.3, 0.4) is 0 Å². The number of benzene rings is 2. The van der Waals surface area contributed by atoms with Gasteiger partial charge >= 0.3 is 6.18 Å². The van der Waals surface area contributed by atoms with Gasteiger partial charge < -0.3 is 4.42 Å². The van der Waals surface area contributed by atoms with Crippen molar-refractivity contribution >= 4 is 27.6 Å². The molecule has 0 atom stereocenters. The molecule has 0 radical (unpaired) electrons. The lowest BCUT2D eigenvalue weighted by Crippen LogP contribution is -2.13. The minimum Gasteiger partial charge on any atom is -0.439 e. The number of aromatic nitrogens is 1. The Labute approximate surface area is 121 Å². The van der Waals surface area contributed by atoms with E-state index in [1.807, 2.05) is 0 Å². The van der Waals surface area contributed by atoms with Crippen LogP contribution in [0.4, 0.5) is 13.2 Å². The van der Waals surface area contributed by atoms with E-state index in [2.05, 4.69) is 0 Å². The SMILES string of the molecule is O=c1c2ccccc2oc2c(C(F)(F)F)c3ccccc3n12. The number of fused-ring (bicyclic) bond motifs is 4. The molecule has 0 amide bonds. The van der Waals surface area contributed by atoms with Gasteiger partial charge in [0.1, 0.15) is 11.1 Å². The Morgan fingerprint density at radius 3 is 2.27 bits per heavy atom. The van der Waals surface area contributed by atoms with Crippen LogP contribution in [0.5, 0.6) is 0 Å². The van der Waals surface area contributed by atoms with Crippen molar-refractivity contribution in [3.05, 3.63) is 64.4 Å². The predicted octanol–water partition coefficient (Wildman–Crippen LogP) is 4.22. The summed E-state index contributed by atoms with van der Waals surface area (Å²) in [5, 5.41) is 0.190. The molecule has 0 bridgehead atoms. The molecule has 0 fully saturated rings. The molecule has 0 aliphatic heterocycles. The molecule has 0 aliphatic rings. The third-order valence-electron chi connectivity index (χ3n) is 3.64. The quantitative estimate of drug-likeness (QED) is 0.487. The van der Waals surface area contributed by atoms with Crippen molar-refractivity contribution in [2.75, 3.05) is 0 Å². The Morgan fingerprint density at radius 1 is 0.909 bits per heavy atom. The summed E-state index contributed by atoms with van der Waals surface area (Å²) >= 11 is 0. The van der Waals surface area contributed by atoms with Gasteiger partial charge in [0.25, 0.3) is 5.56 Å². The Bertz CT molecular complexity index is 1090. The van der Waals surface area contributed by atoms with Crippen LogP contribution in [0.2, 0.25) is 0 Å². The van der Waals surface area contributed by atoms with Crippen LogP contribution in [0, 0.1) is 0 Å². The number of hydrogen-bond acceptors (Lipinski definition) is 2. The van der Waals surface area contributed by atoms with Crippen molar-refractivity contribution in [3.63, 3.8) is 0 Å². The maximum Gasteiger partial charge on any atom is 0.422 e. The number of hydrogen-bond donors (Lipinski definition) is 0. The van der Waals surface area contributed by atoms with Gasteiger partial charge in [-0.1, -0.05) is 30.3 Å². The number of nitrogens with zero attached hydrogens (tertiary/aromatic N) is 1. The summed E-state index contributed by atoms with van der Waals surface area (Å²) in [6.45, 7) is 0. The first-order valence-corrected chi connectivity index (χ1v) is 6.50. The summed E-state index contributed by atoms with van der Waals surface area (Å²) in [7, 11) is 0. The van der Waals surface area contributed by atoms with Crippen LogP contribution in [0.25, 0.3) is 27.6 Å². The smallest absolute Gasteiger partial charge is 0.422 e. The van der Waals surface area contributed by atoms with E-state index in [-0.39, 0.29) is 21.9 Å². The van der Waals surface area contributed by atoms with Gasteiger partial charge in [-0.05, 0) is 18.2 Å². The Hall–Kier alpha value is -2.76. The van der Waals surface area contributed by atoms with Crippen LogP contribution in [0.1, 0.15) is 5.56 Å². The molecule has 0 N–H and O–H groups in total. The lowest BCUT2D eigenvalue weighted by atomic mass is 10.2. The highest BCUT2D eigenvalue weighted by Gasteiger charge is 2.38. The fourth-order valence-electron chi connectivity index (χ4n) is 2.75. The summed E-state index contributed by atoms with van der Waals surface area (Å²) < 4.78 is 46.7. The molecule has 0 spiro atoms. The largest absolute Gasteiger partial charge is 0.439 e. The molecule has 0 aliphatic carbocycles. The molecule has 6 heteroatoms. The normalized spacial score (nSPS) is 12.5. The number of halogens is 3. The van der Waals surface area contributed by atoms with Crippen LogP contribution in [0.15, 0.2) is 57.7 Å². The van der Waals surface area contributed by atoms with E-state index in [4.69, 9.17) is 4.42 Å². The zero-order valence-corrected chi connectivity index (χ0v) is 11.0. The van der Waals surface area contributed by atoms with Crippen molar-refractivity contribution in [1.82, 2.24) is 4.40 Å². The predicted molar refractivity (Wildman–Crippen MR) is 75.9 cm³/mol. The zero-order valence-electron chi connectivity index (χ0n) is 11.0. The lowest BCUT2D eigenvalue weighted by molar-refractivity contribution is -0.135. The number of rotatable bonds is 0. The summed E-state index contributed by atoms with van der Waals surface area (Å²) in [5.74, 6) is 0. The minimum absolute atomic E-state index is 0.0499. The van der Waals surface area contributed by atoms with E-state index in [0.29, 0.717) is 0 Å². The van der Waals surface area contributed by atoms with Crippen LogP contribution >= 0.6 is 0 Å². The Balaban J connectivity index is 2.38. The first-order valence-electron chi connectivity index (χ1n) is 6.50. The lowest BCUT2D eigenvalue weighted by Gasteiger charge is -2.05. The van der Waals surface area contributed by atoms with E-state index in [1.54, 1.807) is 18.2 Å². The molecule has 22 heavy (non-hydrogen) atoms. The van der Waals surface area contributed by atoms with E-state index in [9.17, 15) is 18.0 Å². The summed E-state index contributed by atoms with van der Waals surface area (Å²) in [6.07, 6.45) is -4.62. The first-order chi connectivity index (χ1) is 10.5. The highest BCUT2D eigenvalue weighted by atomic mass is 19.4. The molecule has 0 saturated heterocycles. The molecule has 0 saturated carbocycles. The average molecular weight is 303 g/mol. The third kappa shape index (κ3) is 1.60. The van der Waals surface area contributed by atoms with Crippen molar-refractivity contribution in [3.8, 4) is 0 Å². The molecule has 0 unspecified atom stereocenters. The van der Waals surface area contributed by atoms with E-state index in [1.165, 1.54) is 30.3 Å².